The van der Waals surface area contributed by atoms with E-state index >= 15 is 0 Å². The minimum absolute atomic E-state index is 0.338. The Kier molecular flexibility index (Phi) is 5.11. The number of benzene rings is 2. The van der Waals surface area contributed by atoms with Crippen LogP contribution >= 0.6 is 11.3 Å². The maximum absolute atomic E-state index is 13.0. The number of aromatic nitrogens is 2. The maximum atomic E-state index is 13.0. The number of esters is 1. The van der Waals surface area contributed by atoms with Gasteiger partial charge in [-0.15, -0.1) is 11.3 Å². The fraction of sp³-hybridized carbons (Fsp3) is 0.182. The van der Waals surface area contributed by atoms with Gasteiger partial charge in [-0.1, -0.05) is 36.4 Å². The highest BCUT2D eigenvalue weighted by Crippen LogP contribution is 2.36. The van der Waals surface area contributed by atoms with E-state index in [9.17, 15) is 18.0 Å². The third kappa shape index (κ3) is 3.82. The number of fused-ring (bicyclic) bond motifs is 1. The van der Waals surface area contributed by atoms with Crippen molar-refractivity contribution in [3.05, 3.63) is 76.3 Å². The Bertz CT molecular complexity index is 1240. The van der Waals surface area contributed by atoms with Crippen molar-refractivity contribution in [2.75, 3.05) is 7.11 Å². The molecule has 4 rings (SSSR count). The molecule has 4 aromatic rings. The number of alkyl halides is 3. The number of hydrogen-bond acceptors (Lipinski definition) is 4. The molecule has 0 fully saturated rings. The predicted octanol–water partition coefficient (Wildman–Crippen LogP) is 5.70. The van der Waals surface area contributed by atoms with Gasteiger partial charge in [-0.05, 0) is 29.1 Å². The largest absolute Gasteiger partial charge is 0.464 e. The lowest BCUT2D eigenvalue weighted by Crippen LogP contribution is -2.07. The molecule has 4 nitrogen and oxygen atoms in total. The number of ether oxygens (including phenoxy) is 1. The van der Waals surface area contributed by atoms with E-state index in [0.717, 1.165) is 26.6 Å². The standard InChI is InChI=1S/C22H17F3N2O2S/c1-27-19(21(28)29-2)12-18(26-27)17-8-4-6-14-11-16(30-20(14)17)10-13-5-3-7-15(9-13)22(23,24)25/h3-9,11-12H,10H2,1-2H3. The fourth-order valence-corrected chi connectivity index (χ4v) is 4.57. The van der Waals surface area contributed by atoms with Gasteiger partial charge in [0.1, 0.15) is 5.69 Å². The van der Waals surface area contributed by atoms with Crippen molar-refractivity contribution in [2.24, 2.45) is 7.05 Å². The molecule has 0 aliphatic carbocycles. The minimum Gasteiger partial charge on any atom is -0.464 e. The molecule has 2 aromatic carbocycles. The SMILES string of the molecule is COC(=O)c1cc(-c2cccc3cc(Cc4cccc(C(F)(F)F)c4)sc23)nn1C. The predicted molar refractivity (Wildman–Crippen MR) is 110 cm³/mol. The molecule has 0 atom stereocenters. The number of nitrogens with zero attached hydrogens (tertiary/aromatic N) is 2. The zero-order valence-electron chi connectivity index (χ0n) is 16.2. The number of aryl methyl sites for hydroxylation is 1. The third-order valence-corrected chi connectivity index (χ3v) is 5.96. The normalized spacial score (nSPS) is 11.8. The molecule has 0 spiro atoms. The molecular weight excluding hydrogens is 413 g/mol. The van der Waals surface area contributed by atoms with Gasteiger partial charge in [0.15, 0.2) is 0 Å². The van der Waals surface area contributed by atoms with Crippen LogP contribution in [0.25, 0.3) is 21.3 Å². The highest BCUT2D eigenvalue weighted by molar-refractivity contribution is 7.19. The van der Waals surface area contributed by atoms with Gasteiger partial charge in [0, 0.05) is 28.6 Å². The van der Waals surface area contributed by atoms with Crippen molar-refractivity contribution < 1.29 is 22.7 Å². The van der Waals surface area contributed by atoms with Crippen LogP contribution in [0.1, 0.15) is 26.5 Å². The molecule has 0 radical (unpaired) electrons. The lowest BCUT2D eigenvalue weighted by Gasteiger charge is -2.08. The van der Waals surface area contributed by atoms with Gasteiger partial charge in [0.25, 0.3) is 0 Å². The van der Waals surface area contributed by atoms with Crippen LogP contribution in [0, 0.1) is 0 Å². The van der Waals surface area contributed by atoms with Crippen LogP contribution in [-0.2, 0) is 24.4 Å². The highest BCUT2D eigenvalue weighted by atomic mass is 32.1. The van der Waals surface area contributed by atoms with E-state index in [1.807, 2.05) is 24.3 Å². The van der Waals surface area contributed by atoms with Gasteiger partial charge in [0.05, 0.1) is 18.4 Å². The van der Waals surface area contributed by atoms with E-state index in [2.05, 4.69) is 5.10 Å². The molecule has 2 aromatic heterocycles. The molecule has 2 heterocycles. The number of halogens is 3. The first-order chi connectivity index (χ1) is 14.3. The van der Waals surface area contributed by atoms with Gasteiger partial charge < -0.3 is 4.74 Å². The smallest absolute Gasteiger partial charge is 0.416 e. The molecule has 8 heteroatoms. The third-order valence-electron chi connectivity index (χ3n) is 4.78. The first kappa shape index (κ1) is 20.2. The zero-order valence-corrected chi connectivity index (χ0v) is 17.0. The molecule has 0 aliphatic rings. The summed E-state index contributed by atoms with van der Waals surface area (Å²) in [4.78, 5) is 12.8. The molecule has 0 amide bonds. The van der Waals surface area contributed by atoms with Crippen LogP contribution in [0.5, 0.6) is 0 Å². The van der Waals surface area contributed by atoms with Gasteiger partial charge in [-0.2, -0.15) is 18.3 Å². The molecule has 0 unspecified atom stereocenters. The summed E-state index contributed by atoms with van der Waals surface area (Å²) in [6.07, 6.45) is -3.96. The van der Waals surface area contributed by atoms with Crippen LogP contribution in [0.2, 0.25) is 0 Å². The topological polar surface area (TPSA) is 44.1 Å². The van der Waals surface area contributed by atoms with Crippen molar-refractivity contribution in [2.45, 2.75) is 12.6 Å². The summed E-state index contributed by atoms with van der Waals surface area (Å²) in [5.74, 6) is -0.472. The van der Waals surface area contributed by atoms with E-state index in [4.69, 9.17) is 4.74 Å². The first-order valence-corrected chi connectivity index (χ1v) is 9.88. The first-order valence-electron chi connectivity index (χ1n) is 9.06. The summed E-state index contributed by atoms with van der Waals surface area (Å²) in [5, 5.41) is 5.41. The Hall–Kier alpha value is -3.13. The van der Waals surface area contributed by atoms with E-state index in [0.29, 0.717) is 23.4 Å². The van der Waals surface area contributed by atoms with E-state index in [-0.39, 0.29) is 0 Å². The number of thiophene rings is 1. The Morgan fingerprint density at radius 3 is 2.63 bits per heavy atom. The summed E-state index contributed by atoms with van der Waals surface area (Å²) < 4.78 is 46.2. The average Bonchev–Trinajstić information content (AvgIpc) is 3.29. The summed E-state index contributed by atoms with van der Waals surface area (Å²) in [6.45, 7) is 0. The highest BCUT2D eigenvalue weighted by Gasteiger charge is 2.30. The van der Waals surface area contributed by atoms with Crippen LogP contribution in [-0.4, -0.2) is 22.9 Å². The zero-order chi connectivity index (χ0) is 21.5. The maximum Gasteiger partial charge on any atom is 0.416 e. The quantitative estimate of drug-likeness (QED) is 0.390. The molecule has 154 valence electrons. The number of rotatable bonds is 4. The molecule has 0 N–H and O–H groups in total. The van der Waals surface area contributed by atoms with Crippen LogP contribution < -0.4 is 0 Å². The Balaban J connectivity index is 1.71. The van der Waals surface area contributed by atoms with Gasteiger partial charge in [-0.3, -0.25) is 4.68 Å². The van der Waals surface area contributed by atoms with E-state index in [1.54, 1.807) is 19.2 Å². The van der Waals surface area contributed by atoms with E-state index < -0.39 is 17.7 Å². The summed E-state index contributed by atoms with van der Waals surface area (Å²) in [5.41, 5.74) is 1.79. The number of carbonyl (C=O) groups is 1. The van der Waals surface area contributed by atoms with Crippen LogP contribution in [0.3, 0.4) is 0 Å². The molecule has 30 heavy (non-hydrogen) atoms. The minimum atomic E-state index is -4.36. The molecule has 0 saturated heterocycles. The fourth-order valence-electron chi connectivity index (χ4n) is 3.36. The van der Waals surface area contributed by atoms with Crippen molar-refractivity contribution in [3.63, 3.8) is 0 Å². The number of hydrogen-bond donors (Lipinski definition) is 0. The van der Waals surface area contributed by atoms with Gasteiger partial charge in [-0.25, -0.2) is 4.79 Å². The van der Waals surface area contributed by atoms with Crippen molar-refractivity contribution >= 4 is 27.4 Å². The van der Waals surface area contributed by atoms with Crippen molar-refractivity contribution in [3.8, 4) is 11.3 Å². The number of carbonyl (C=O) groups excluding carboxylic acids is 1. The Morgan fingerprint density at radius 1 is 1.13 bits per heavy atom. The Morgan fingerprint density at radius 2 is 1.90 bits per heavy atom. The average molecular weight is 430 g/mol. The summed E-state index contributed by atoms with van der Waals surface area (Å²) in [6, 6.07) is 14.8. The number of methoxy groups -OCH3 is 1. The lowest BCUT2D eigenvalue weighted by molar-refractivity contribution is -0.137. The summed E-state index contributed by atoms with van der Waals surface area (Å²) in [7, 11) is 2.98. The molecule has 0 aliphatic heterocycles. The molecule has 0 saturated carbocycles. The van der Waals surface area contributed by atoms with Gasteiger partial charge >= 0.3 is 12.1 Å². The second kappa shape index (κ2) is 7.60. The lowest BCUT2D eigenvalue weighted by atomic mass is 10.1. The van der Waals surface area contributed by atoms with Crippen molar-refractivity contribution in [1.29, 1.82) is 0 Å². The molecular formula is C22H17F3N2O2S. The van der Waals surface area contributed by atoms with Gasteiger partial charge in [0.2, 0.25) is 0 Å². The van der Waals surface area contributed by atoms with Crippen LogP contribution in [0.4, 0.5) is 13.2 Å². The van der Waals surface area contributed by atoms with Crippen LogP contribution in [0.15, 0.2) is 54.6 Å². The second-order valence-electron chi connectivity index (χ2n) is 6.84. The Labute approximate surface area is 174 Å². The van der Waals surface area contributed by atoms with E-state index in [1.165, 1.54) is 35.3 Å². The summed E-state index contributed by atoms with van der Waals surface area (Å²) >= 11 is 1.51. The second-order valence-corrected chi connectivity index (χ2v) is 7.98. The molecule has 0 bridgehead atoms. The van der Waals surface area contributed by atoms with Crippen molar-refractivity contribution in [1.82, 2.24) is 9.78 Å². The monoisotopic (exact) mass is 430 g/mol.